The number of hydrogen-bond acceptors (Lipinski definition) is 3. The number of carboxylic acid groups (broad SMARTS) is 1. The van der Waals surface area contributed by atoms with E-state index in [0.29, 0.717) is 0 Å². The number of unbranched alkanes of at least 4 members (excludes halogenated alkanes) is 12. The van der Waals surface area contributed by atoms with Crippen molar-refractivity contribution in [3.8, 4) is 0 Å². The Morgan fingerprint density at radius 2 is 1.23 bits per heavy atom. The van der Waals surface area contributed by atoms with Crippen molar-refractivity contribution in [3.05, 3.63) is 12.2 Å². The summed E-state index contributed by atoms with van der Waals surface area (Å²) >= 11 is 0. The molecule has 152 valence electrons. The van der Waals surface area contributed by atoms with Gasteiger partial charge >= 0.3 is 11.9 Å². The van der Waals surface area contributed by atoms with Gasteiger partial charge in [0.05, 0.1) is 0 Å². The molecule has 1 N–H and O–H groups in total. The van der Waals surface area contributed by atoms with Gasteiger partial charge < -0.3 is 9.84 Å². The number of carboxylic acids is 1. The van der Waals surface area contributed by atoms with Crippen molar-refractivity contribution in [3.63, 3.8) is 0 Å². The zero-order valence-corrected chi connectivity index (χ0v) is 17.0. The molecule has 0 amide bonds. The number of aliphatic carboxylic acids is 1. The monoisotopic (exact) mass is 368 g/mol. The van der Waals surface area contributed by atoms with Crippen LogP contribution in [0.3, 0.4) is 0 Å². The normalized spacial score (nSPS) is 12.4. The molecule has 1 atom stereocenters. The van der Waals surface area contributed by atoms with Crippen LogP contribution < -0.4 is 0 Å². The molecule has 0 rings (SSSR count). The minimum Gasteiger partial charge on any atom is -0.478 e. The van der Waals surface area contributed by atoms with Crippen molar-refractivity contribution in [1.29, 1.82) is 0 Å². The van der Waals surface area contributed by atoms with E-state index >= 15 is 0 Å². The van der Waals surface area contributed by atoms with Crippen molar-refractivity contribution < 1.29 is 19.4 Å². The van der Waals surface area contributed by atoms with Gasteiger partial charge in [-0.2, -0.15) is 0 Å². The van der Waals surface area contributed by atoms with Crippen LogP contribution in [0.25, 0.3) is 0 Å². The van der Waals surface area contributed by atoms with Gasteiger partial charge in [-0.1, -0.05) is 90.9 Å². The molecule has 0 spiro atoms. The maximum Gasteiger partial charge on any atom is 0.331 e. The molecule has 4 heteroatoms. The van der Waals surface area contributed by atoms with Crippen molar-refractivity contribution in [2.75, 3.05) is 0 Å². The molecule has 0 radical (unpaired) electrons. The van der Waals surface area contributed by atoms with Gasteiger partial charge in [0.1, 0.15) is 6.10 Å². The fraction of sp³-hybridized carbons (Fsp3) is 0.818. The Balaban J connectivity index is 3.46. The first kappa shape index (κ1) is 24.7. The number of esters is 1. The highest BCUT2D eigenvalue weighted by atomic mass is 16.5. The Hall–Kier alpha value is -1.32. The summed E-state index contributed by atoms with van der Waals surface area (Å²) in [6, 6.07) is 0. The summed E-state index contributed by atoms with van der Waals surface area (Å²) in [5.41, 5.74) is 0. The van der Waals surface area contributed by atoms with E-state index in [9.17, 15) is 9.59 Å². The van der Waals surface area contributed by atoms with E-state index < -0.39 is 11.9 Å². The van der Waals surface area contributed by atoms with Crippen LogP contribution in [-0.2, 0) is 14.3 Å². The molecule has 1 unspecified atom stereocenters. The molecule has 4 nitrogen and oxygen atoms in total. The Morgan fingerprint density at radius 3 is 1.65 bits per heavy atom. The molecule has 0 heterocycles. The van der Waals surface area contributed by atoms with Gasteiger partial charge in [-0.3, -0.25) is 0 Å². The average Bonchev–Trinajstić information content (AvgIpc) is 2.62. The largest absolute Gasteiger partial charge is 0.478 e. The molecule has 0 aliphatic heterocycles. The zero-order chi connectivity index (χ0) is 19.5. The van der Waals surface area contributed by atoms with E-state index in [-0.39, 0.29) is 6.10 Å². The molecule has 26 heavy (non-hydrogen) atoms. The van der Waals surface area contributed by atoms with Gasteiger partial charge in [-0.05, 0) is 19.3 Å². The first-order chi connectivity index (χ1) is 12.6. The maximum atomic E-state index is 11.5. The van der Waals surface area contributed by atoms with E-state index in [0.717, 1.165) is 31.4 Å². The summed E-state index contributed by atoms with van der Waals surface area (Å²) in [4.78, 5) is 21.9. The number of hydrogen-bond donors (Lipinski definition) is 1. The molecule has 0 aliphatic rings. The Morgan fingerprint density at radius 1 is 0.769 bits per heavy atom. The van der Waals surface area contributed by atoms with Crippen molar-refractivity contribution >= 4 is 11.9 Å². The van der Waals surface area contributed by atoms with Gasteiger partial charge in [0, 0.05) is 12.2 Å². The lowest BCUT2D eigenvalue weighted by molar-refractivity contribution is -0.144. The fourth-order valence-corrected chi connectivity index (χ4v) is 3.08. The molecule has 0 aliphatic carbocycles. The first-order valence-electron chi connectivity index (χ1n) is 10.7. The van der Waals surface area contributed by atoms with E-state index in [2.05, 4.69) is 6.92 Å². The number of ether oxygens (including phenoxy) is 1. The smallest absolute Gasteiger partial charge is 0.331 e. The lowest BCUT2D eigenvalue weighted by Crippen LogP contribution is -2.16. The topological polar surface area (TPSA) is 63.6 Å². The second-order valence-corrected chi connectivity index (χ2v) is 7.17. The van der Waals surface area contributed by atoms with Crippen LogP contribution in [0.15, 0.2) is 12.2 Å². The summed E-state index contributed by atoms with van der Waals surface area (Å²) in [7, 11) is 0. The zero-order valence-electron chi connectivity index (χ0n) is 17.0. The highest BCUT2D eigenvalue weighted by molar-refractivity contribution is 5.90. The van der Waals surface area contributed by atoms with Crippen molar-refractivity contribution in [2.24, 2.45) is 0 Å². The molecule has 0 saturated heterocycles. The highest BCUT2D eigenvalue weighted by Gasteiger charge is 2.10. The standard InChI is InChI=1S/C22H40O4/c1-3-5-6-7-8-9-10-11-12-13-14-15-16-17-20(4-2)26-22(25)19-18-21(23)24/h18-20H,3-17H2,1-2H3,(H,23,24)/b19-18+. The SMILES string of the molecule is CCCCCCCCCCCCCCCC(CC)OC(=O)/C=C/C(=O)O. The molecule has 0 saturated carbocycles. The molecule has 0 aromatic carbocycles. The third-order valence-electron chi connectivity index (χ3n) is 4.73. The number of rotatable bonds is 18. The van der Waals surface area contributed by atoms with Crippen LogP contribution in [0.5, 0.6) is 0 Å². The predicted molar refractivity (Wildman–Crippen MR) is 107 cm³/mol. The van der Waals surface area contributed by atoms with Gasteiger partial charge in [-0.25, -0.2) is 9.59 Å². The summed E-state index contributed by atoms with van der Waals surface area (Å²) in [5, 5.41) is 8.49. The quantitative estimate of drug-likeness (QED) is 0.172. The minimum atomic E-state index is -1.13. The number of carbonyl (C=O) groups excluding carboxylic acids is 1. The van der Waals surface area contributed by atoms with E-state index in [1.54, 1.807) is 0 Å². The number of carbonyl (C=O) groups is 2. The first-order valence-corrected chi connectivity index (χ1v) is 10.7. The van der Waals surface area contributed by atoms with Crippen molar-refractivity contribution in [1.82, 2.24) is 0 Å². The summed E-state index contributed by atoms with van der Waals surface area (Å²) < 4.78 is 5.27. The van der Waals surface area contributed by atoms with Crippen LogP contribution in [0.4, 0.5) is 0 Å². The van der Waals surface area contributed by atoms with Crippen molar-refractivity contribution in [2.45, 2.75) is 116 Å². The van der Waals surface area contributed by atoms with Crippen LogP contribution in [-0.4, -0.2) is 23.1 Å². The second kappa shape index (κ2) is 18.5. The van der Waals surface area contributed by atoms with E-state index in [1.807, 2.05) is 6.92 Å². The van der Waals surface area contributed by atoms with Gasteiger partial charge in [0.2, 0.25) is 0 Å². The molecule has 0 bridgehead atoms. The molecule has 0 fully saturated rings. The van der Waals surface area contributed by atoms with Gasteiger partial charge in [-0.15, -0.1) is 0 Å². The molecular formula is C22H40O4. The third-order valence-corrected chi connectivity index (χ3v) is 4.73. The molecular weight excluding hydrogens is 328 g/mol. The summed E-state index contributed by atoms with van der Waals surface area (Å²) in [6.45, 7) is 4.25. The Bertz CT molecular complexity index is 376. The summed E-state index contributed by atoms with van der Waals surface area (Å²) in [6.07, 6.45) is 20.5. The maximum absolute atomic E-state index is 11.5. The lowest BCUT2D eigenvalue weighted by atomic mass is 10.0. The van der Waals surface area contributed by atoms with Gasteiger partial charge in [0.15, 0.2) is 0 Å². The Kier molecular flexibility index (Phi) is 17.5. The summed E-state index contributed by atoms with van der Waals surface area (Å²) in [5.74, 6) is -1.69. The third kappa shape index (κ3) is 17.5. The lowest BCUT2D eigenvalue weighted by Gasteiger charge is -2.14. The van der Waals surface area contributed by atoms with Crippen LogP contribution in [0, 0.1) is 0 Å². The van der Waals surface area contributed by atoms with Crippen LogP contribution in [0.1, 0.15) is 110 Å². The van der Waals surface area contributed by atoms with E-state index in [4.69, 9.17) is 9.84 Å². The van der Waals surface area contributed by atoms with E-state index in [1.165, 1.54) is 77.0 Å². The fourth-order valence-electron chi connectivity index (χ4n) is 3.08. The highest BCUT2D eigenvalue weighted by Crippen LogP contribution is 2.15. The van der Waals surface area contributed by atoms with Gasteiger partial charge in [0.25, 0.3) is 0 Å². The molecule has 0 aromatic heterocycles. The second-order valence-electron chi connectivity index (χ2n) is 7.17. The predicted octanol–water partition coefficient (Wildman–Crippen LogP) is 6.43. The molecule has 0 aromatic rings. The minimum absolute atomic E-state index is 0.103. The van der Waals surface area contributed by atoms with Crippen LogP contribution >= 0.6 is 0 Å². The van der Waals surface area contributed by atoms with Crippen LogP contribution in [0.2, 0.25) is 0 Å². The Labute approximate surface area is 160 Å². The average molecular weight is 369 g/mol.